The second-order valence-corrected chi connectivity index (χ2v) is 6.40. The van der Waals surface area contributed by atoms with Gasteiger partial charge in [-0.2, -0.15) is 13.2 Å². The minimum Gasteiger partial charge on any atom is -0.347 e. The molecule has 0 spiro atoms. The number of hydrogen-bond donors (Lipinski definition) is 2. The lowest BCUT2D eigenvalue weighted by Gasteiger charge is -2.12. The van der Waals surface area contributed by atoms with Crippen LogP contribution in [0.2, 0.25) is 0 Å². The van der Waals surface area contributed by atoms with Crippen LogP contribution in [0.1, 0.15) is 5.56 Å². The highest BCUT2D eigenvalue weighted by Gasteiger charge is 2.27. The van der Waals surface area contributed by atoms with E-state index in [1.54, 1.807) is 24.3 Å². The number of para-hydroxylation sites is 1. The van der Waals surface area contributed by atoms with Gasteiger partial charge >= 0.3 is 6.18 Å². The number of halogens is 3. The van der Waals surface area contributed by atoms with Crippen LogP contribution in [0.15, 0.2) is 59.5 Å². The van der Waals surface area contributed by atoms with Crippen molar-refractivity contribution in [2.24, 2.45) is 0 Å². The molecule has 0 aliphatic rings. The molecule has 8 heteroatoms. The van der Waals surface area contributed by atoms with Gasteiger partial charge in [-0.3, -0.25) is 9.59 Å². The van der Waals surface area contributed by atoms with E-state index in [1.807, 2.05) is 18.2 Å². The van der Waals surface area contributed by atoms with Gasteiger partial charge in [0.05, 0.1) is 24.4 Å². The topological polar surface area (TPSA) is 58.2 Å². The van der Waals surface area contributed by atoms with Gasteiger partial charge in [0.1, 0.15) is 0 Å². The number of anilines is 1. The number of thioether (sulfide) groups is 1. The van der Waals surface area contributed by atoms with Gasteiger partial charge in [-0.1, -0.05) is 42.5 Å². The Morgan fingerprint density at radius 2 is 1.58 bits per heavy atom. The van der Waals surface area contributed by atoms with E-state index < -0.39 is 17.8 Å². The summed E-state index contributed by atoms with van der Waals surface area (Å²) in [5.41, 5.74) is 1.10. The van der Waals surface area contributed by atoms with E-state index in [4.69, 9.17) is 0 Å². The fourth-order valence-corrected chi connectivity index (χ4v) is 2.84. The molecular weight excluding hydrogens is 365 g/mol. The Morgan fingerprint density at radius 3 is 2.27 bits per heavy atom. The minimum absolute atomic E-state index is 0.145. The summed E-state index contributed by atoms with van der Waals surface area (Å²) in [6.07, 6.45) is -4.15. The lowest BCUT2D eigenvalue weighted by Crippen LogP contribution is -2.33. The first-order valence-electron chi connectivity index (χ1n) is 7.72. The van der Waals surface area contributed by atoms with Gasteiger partial charge in [-0.05, 0) is 17.7 Å². The van der Waals surface area contributed by atoms with Crippen molar-refractivity contribution in [3.8, 4) is 0 Å². The normalized spacial score (nSPS) is 11.0. The van der Waals surface area contributed by atoms with Crippen LogP contribution in [0.25, 0.3) is 0 Å². The molecule has 0 saturated carbocycles. The third-order valence-electron chi connectivity index (χ3n) is 3.21. The van der Waals surface area contributed by atoms with Crippen molar-refractivity contribution in [3.05, 3.63) is 60.2 Å². The van der Waals surface area contributed by atoms with Gasteiger partial charge in [0.15, 0.2) is 0 Å². The van der Waals surface area contributed by atoms with Crippen molar-refractivity contribution in [2.75, 3.05) is 17.6 Å². The number of amides is 2. The highest BCUT2D eigenvalue weighted by Crippen LogP contribution is 2.31. The smallest absolute Gasteiger partial charge is 0.347 e. The largest absolute Gasteiger partial charge is 0.398 e. The molecule has 2 rings (SSSR count). The number of benzene rings is 2. The number of alkyl halides is 3. The van der Waals surface area contributed by atoms with Crippen LogP contribution >= 0.6 is 11.8 Å². The van der Waals surface area contributed by atoms with Crippen LogP contribution in [0.4, 0.5) is 18.9 Å². The third kappa shape index (κ3) is 7.18. The maximum Gasteiger partial charge on any atom is 0.398 e. The molecule has 0 unspecified atom stereocenters. The summed E-state index contributed by atoms with van der Waals surface area (Å²) in [6, 6.07) is 15.3. The number of carbonyl (C=O) groups is 2. The van der Waals surface area contributed by atoms with E-state index in [-0.39, 0.29) is 24.6 Å². The van der Waals surface area contributed by atoms with Gasteiger partial charge in [-0.15, -0.1) is 11.8 Å². The van der Waals surface area contributed by atoms with Crippen molar-refractivity contribution in [2.45, 2.75) is 17.5 Å². The molecule has 0 heterocycles. The number of hydrogen-bond acceptors (Lipinski definition) is 3. The quantitative estimate of drug-likeness (QED) is 0.719. The molecule has 0 atom stereocenters. The van der Waals surface area contributed by atoms with Crippen molar-refractivity contribution < 1.29 is 22.8 Å². The van der Waals surface area contributed by atoms with Gasteiger partial charge in [0, 0.05) is 4.90 Å². The Hall–Kier alpha value is -2.48. The van der Waals surface area contributed by atoms with Crippen LogP contribution in [0, 0.1) is 0 Å². The fourth-order valence-electron chi connectivity index (χ4n) is 2.07. The number of nitrogens with one attached hydrogen (secondary N) is 2. The molecule has 2 aromatic carbocycles. The second-order valence-electron chi connectivity index (χ2n) is 5.39. The zero-order valence-electron chi connectivity index (χ0n) is 13.7. The first kappa shape index (κ1) is 19.8. The lowest BCUT2D eigenvalue weighted by atomic mass is 10.1. The Balaban J connectivity index is 1.85. The first-order chi connectivity index (χ1) is 12.3. The Kier molecular flexibility index (Phi) is 7.08. The van der Waals surface area contributed by atoms with Crippen LogP contribution in [0.5, 0.6) is 0 Å². The zero-order valence-corrected chi connectivity index (χ0v) is 14.5. The standard InChI is InChI=1S/C18H17F3N2O2S/c19-18(20,21)12-26-15-9-5-4-8-14(15)23-17(25)11-22-16(24)10-13-6-2-1-3-7-13/h1-9H,10-12H2,(H,22,24)(H,23,25). The lowest BCUT2D eigenvalue weighted by molar-refractivity contribution is -0.123. The molecule has 0 aromatic heterocycles. The highest BCUT2D eigenvalue weighted by molar-refractivity contribution is 7.99. The third-order valence-corrected chi connectivity index (χ3v) is 4.34. The molecule has 138 valence electrons. The number of rotatable bonds is 7. The second kappa shape index (κ2) is 9.28. The van der Waals surface area contributed by atoms with Gasteiger partial charge < -0.3 is 10.6 Å². The van der Waals surface area contributed by atoms with E-state index in [0.29, 0.717) is 16.7 Å². The molecule has 0 radical (unpaired) electrons. The van der Waals surface area contributed by atoms with Crippen LogP contribution in [0.3, 0.4) is 0 Å². The molecule has 26 heavy (non-hydrogen) atoms. The molecule has 0 fully saturated rings. The molecule has 0 saturated heterocycles. The van der Waals surface area contributed by atoms with E-state index in [0.717, 1.165) is 5.56 Å². The summed E-state index contributed by atoms with van der Waals surface area (Å²) in [5.74, 6) is -1.87. The van der Waals surface area contributed by atoms with Gasteiger partial charge in [-0.25, -0.2) is 0 Å². The minimum atomic E-state index is -4.30. The van der Waals surface area contributed by atoms with Crippen molar-refractivity contribution >= 4 is 29.3 Å². The summed E-state index contributed by atoms with van der Waals surface area (Å²) in [6.45, 7) is -0.260. The van der Waals surface area contributed by atoms with Gasteiger partial charge in [0.25, 0.3) is 0 Å². The SMILES string of the molecule is O=C(Cc1ccccc1)NCC(=O)Nc1ccccc1SCC(F)(F)F. The van der Waals surface area contributed by atoms with E-state index in [1.165, 1.54) is 12.1 Å². The highest BCUT2D eigenvalue weighted by atomic mass is 32.2. The summed E-state index contributed by atoms with van der Waals surface area (Å²) >= 11 is 0.595. The van der Waals surface area contributed by atoms with Gasteiger partial charge in [0.2, 0.25) is 11.8 Å². The Labute approximate surface area is 153 Å². The summed E-state index contributed by atoms with van der Waals surface area (Å²) in [5, 5.41) is 5.01. The molecule has 0 bridgehead atoms. The first-order valence-corrected chi connectivity index (χ1v) is 8.71. The average Bonchev–Trinajstić information content (AvgIpc) is 2.59. The predicted molar refractivity (Wildman–Crippen MR) is 95.0 cm³/mol. The maximum atomic E-state index is 12.4. The summed E-state index contributed by atoms with van der Waals surface area (Å²) < 4.78 is 37.1. The van der Waals surface area contributed by atoms with E-state index in [2.05, 4.69) is 10.6 Å². The van der Waals surface area contributed by atoms with Crippen molar-refractivity contribution in [1.82, 2.24) is 5.32 Å². The monoisotopic (exact) mass is 382 g/mol. The van der Waals surface area contributed by atoms with E-state index in [9.17, 15) is 22.8 Å². The number of carbonyl (C=O) groups excluding carboxylic acids is 2. The summed E-state index contributed by atoms with van der Waals surface area (Å²) in [7, 11) is 0. The predicted octanol–water partition coefficient (Wildman–Crippen LogP) is 3.64. The molecule has 0 aliphatic carbocycles. The maximum absolute atomic E-state index is 12.4. The van der Waals surface area contributed by atoms with Crippen molar-refractivity contribution in [1.29, 1.82) is 0 Å². The molecule has 2 aromatic rings. The Bertz CT molecular complexity index is 752. The molecule has 0 aliphatic heterocycles. The van der Waals surface area contributed by atoms with Crippen LogP contribution in [-0.2, 0) is 16.0 Å². The molecular formula is C18H17F3N2O2S. The molecule has 2 amide bonds. The van der Waals surface area contributed by atoms with Crippen molar-refractivity contribution in [3.63, 3.8) is 0 Å². The van der Waals surface area contributed by atoms with E-state index >= 15 is 0 Å². The zero-order chi connectivity index (χ0) is 19.0. The molecule has 4 nitrogen and oxygen atoms in total. The van der Waals surface area contributed by atoms with Crippen LogP contribution in [-0.4, -0.2) is 30.3 Å². The molecule has 2 N–H and O–H groups in total. The Morgan fingerprint density at radius 1 is 0.923 bits per heavy atom. The fraction of sp³-hybridized carbons (Fsp3) is 0.222. The summed E-state index contributed by atoms with van der Waals surface area (Å²) in [4.78, 5) is 24.1. The van der Waals surface area contributed by atoms with Crippen LogP contribution < -0.4 is 10.6 Å². The average molecular weight is 382 g/mol.